The fourth-order valence-corrected chi connectivity index (χ4v) is 1.62. The molecule has 0 saturated carbocycles. The molecular formula is C13H9F3N2O2. The highest BCUT2D eigenvalue weighted by Gasteiger charge is 2.14. The standard InChI is InChI=1S/C13H9F3N2O2/c14-7-4-9(16)11(5-8(7)15)18-10-3-1-2-6(12(10)17)13(19)20/h1-5,18H,17H2,(H,19,20). The van der Waals surface area contributed by atoms with Crippen LogP contribution in [-0.4, -0.2) is 11.1 Å². The van der Waals surface area contributed by atoms with E-state index in [1.54, 1.807) is 0 Å². The third kappa shape index (κ3) is 2.51. The zero-order valence-corrected chi connectivity index (χ0v) is 9.95. The Labute approximate surface area is 111 Å². The SMILES string of the molecule is Nc1c(Nc2cc(F)c(F)cc2F)cccc1C(=O)O. The van der Waals surface area contributed by atoms with Crippen LogP contribution < -0.4 is 11.1 Å². The molecule has 4 N–H and O–H groups in total. The van der Waals surface area contributed by atoms with Gasteiger partial charge in [0.1, 0.15) is 5.82 Å². The first-order valence-corrected chi connectivity index (χ1v) is 5.43. The van der Waals surface area contributed by atoms with Gasteiger partial charge in [-0.2, -0.15) is 0 Å². The number of halogens is 3. The average molecular weight is 282 g/mol. The van der Waals surface area contributed by atoms with Crippen molar-refractivity contribution in [2.75, 3.05) is 11.1 Å². The van der Waals surface area contributed by atoms with Gasteiger partial charge in [-0.05, 0) is 12.1 Å². The largest absolute Gasteiger partial charge is 0.478 e. The second-order valence-corrected chi connectivity index (χ2v) is 3.94. The normalized spacial score (nSPS) is 10.3. The van der Waals surface area contributed by atoms with Crippen molar-refractivity contribution in [1.29, 1.82) is 0 Å². The van der Waals surface area contributed by atoms with E-state index in [2.05, 4.69) is 5.32 Å². The number of rotatable bonds is 3. The summed E-state index contributed by atoms with van der Waals surface area (Å²) in [4.78, 5) is 10.9. The number of para-hydroxylation sites is 1. The van der Waals surface area contributed by atoms with Crippen molar-refractivity contribution < 1.29 is 23.1 Å². The highest BCUT2D eigenvalue weighted by Crippen LogP contribution is 2.28. The molecule has 0 unspecified atom stereocenters. The second kappa shape index (κ2) is 5.12. The highest BCUT2D eigenvalue weighted by molar-refractivity contribution is 5.97. The highest BCUT2D eigenvalue weighted by atomic mass is 19.2. The molecule has 4 nitrogen and oxygen atoms in total. The number of carbonyl (C=O) groups is 1. The molecule has 2 rings (SSSR count). The summed E-state index contributed by atoms with van der Waals surface area (Å²) in [5.41, 5.74) is 5.03. The Morgan fingerprint density at radius 1 is 1.05 bits per heavy atom. The van der Waals surface area contributed by atoms with E-state index < -0.39 is 23.4 Å². The van der Waals surface area contributed by atoms with E-state index in [9.17, 15) is 18.0 Å². The average Bonchev–Trinajstić information content (AvgIpc) is 2.37. The molecule has 0 saturated heterocycles. The maximum atomic E-state index is 13.5. The molecule has 0 aliphatic carbocycles. The van der Waals surface area contributed by atoms with E-state index in [4.69, 9.17) is 10.8 Å². The lowest BCUT2D eigenvalue weighted by Gasteiger charge is -2.12. The first kappa shape index (κ1) is 13.7. The minimum Gasteiger partial charge on any atom is -0.478 e. The van der Waals surface area contributed by atoms with Gasteiger partial charge in [-0.1, -0.05) is 6.07 Å². The molecular weight excluding hydrogens is 273 g/mol. The molecule has 0 aliphatic heterocycles. The lowest BCUT2D eigenvalue weighted by atomic mass is 10.1. The van der Waals surface area contributed by atoms with Crippen LogP contribution in [0.25, 0.3) is 0 Å². The molecule has 0 amide bonds. The predicted octanol–water partition coefficient (Wildman–Crippen LogP) is 3.13. The number of nitrogen functional groups attached to an aromatic ring is 1. The summed E-state index contributed by atoms with van der Waals surface area (Å²) in [6.45, 7) is 0. The van der Waals surface area contributed by atoms with Gasteiger partial charge < -0.3 is 16.2 Å². The molecule has 0 bridgehead atoms. The minimum absolute atomic E-state index is 0.0785. The van der Waals surface area contributed by atoms with E-state index in [1.165, 1.54) is 18.2 Å². The van der Waals surface area contributed by atoms with Crippen LogP contribution in [0.3, 0.4) is 0 Å². The second-order valence-electron chi connectivity index (χ2n) is 3.94. The molecule has 2 aromatic carbocycles. The van der Waals surface area contributed by atoms with E-state index in [1.807, 2.05) is 0 Å². The Kier molecular flexibility index (Phi) is 3.51. The van der Waals surface area contributed by atoms with Crippen LogP contribution in [0.5, 0.6) is 0 Å². The summed E-state index contributed by atoms with van der Waals surface area (Å²) in [5.74, 6) is -4.83. The van der Waals surface area contributed by atoms with Gasteiger partial charge in [-0.3, -0.25) is 0 Å². The fraction of sp³-hybridized carbons (Fsp3) is 0. The summed E-state index contributed by atoms with van der Waals surface area (Å²) in [5, 5.41) is 11.3. The number of anilines is 3. The Bertz CT molecular complexity index is 690. The number of benzene rings is 2. The molecule has 0 atom stereocenters. The van der Waals surface area contributed by atoms with Crippen molar-refractivity contribution in [3.05, 3.63) is 53.3 Å². The number of carboxylic acids is 1. The summed E-state index contributed by atoms with van der Waals surface area (Å²) in [7, 11) is 0. The van der Waals surface area contributed by atoms with Crippen molar-refractivity contribution in [3.8, 4) is 0 Å². The summed E-state index contributed by atoms with van der Waals surface area (Å²) in [6, 6.07) is 5.05. The maximum Gasteiger partial charge on any atom is 0.337 e. The summed E-state index contributed by atoms with van der Waals surface area (Å²) in [6.07, 6.45) is 0. The fourth-order valence-electron chi connectivity index (χ4n) is 1.62. The number of hydrogen-bond acceptors (Lipinski definition) is 3. The summed E-state index contributed by atoms with van der Waals surface area (Å²) >= 11 is 0. The van der Waals surface area contributed by atoms with Gasteiger partial charge in [-0.15, -0.1) is 0 Å². The van der Waals surface area contributed by atoms with Crippen molar-refractivity contribution in [3.63, 3.8) is 0 Å². The van der Waals surface area contributed by atoms with E-state index in [0.29, 0.717) is 12.1 Å². The van der Waals surface area contributed by atoms with Crippen LogP contribution in [-0.2, 0) is 0 Å². The molecule has 0 fully saturated rings. The molecule has 0 spiro atoms. The monoisotopic (exact) mass is 282 g/mol. The Morgan fingerprint density at radius 2 is 1.70 bits per heavy atom. The van der Waals surface area contributed by atoms with E-state index in [-0.39, 0.29) is 22.6 Å². The van der Waals surface area contributed by atoms with Crippen molar-refractivity contribution in [1.82, 2.24) is 0 Å². The zero-order chi connectivity index (χ0) is 14.9. The molecule has 104 valence electrons. The molecule has 20 heavy (non-hydrogen) atoms. The number of aromatic carboxylic acids is 1. The summed E-state index contributed by atoms with van der Waals surface area (Å²) < 4.78 is 39.3. The van der Waals surface area contributed by atoms with Gasteiger partial charge in [0.15, 0.2) is 11.6 Å². The predicted molar refractivity (Wildman–Crippen MR) is 67.4 cm³/mol. The minimum atomic E-state index is -1.32. The first-order chi connectivity index (χ1) is 9.40. The first-order valence-electron chi connectivity index (χ1n) is 5.43. The van der Waals surface area contributed by atoms with Crippen LogP contribution in [0, 0.1) is 17.5 Å². The molecule has 0 aliphatic rings. The number of hydrogen-bond donors (Lipinski definition) is 3. The molecule has 0 heterocycles. The Hall–Kier alpha value is -2.70. The van der Waals surface area contributed by atoms with Crippen LogP contribution in [0.15, 0.2) is 30.3 Å². The van der Waals surface area contributed by atoms with Crippen LogP contribution in [0.2, 0.25) is 0 Å². The van der Waals surface area contributed by atoms with Crippen molar-refractivity contribution >= 4 is 23.0 Å². The van der Waals surface area contributed by atoms with E-state index in [0.717, 1.165) is 0 Å². The van der Waals surface area contributed by atoms with Gasteiger partial charge in [0.2, 0.25) is 0 Å². The Morgan fingerprint density at radius 3 is 2.35 bits per heavy atom. The quantitative estimate of drug-likeness (QED) is 0.597. The van der Waals surface area contributed by atoms with E-state index >= 15 is 0 Å². The van der Waals surface area contributed by atoms with Crippen LogP contribution >= 0.6 is 0 Å². The van der Waals surface area contributed by atoms with Gasteiger partial charge >= 0.3 is 5.97 Å². The third-order valence-corrected chi connectivity index (χ3v) is 2.62. The maximum absolute atomic E-state index is 13.5. The molecule has 7 heteroatoms. The lowest BCUT2D eigenvalue weighted by molar-refractivity contribution is 0.0698. The topological polar surface area (TPSA) is 75.3 Å². The molecule has 0 aromatic heterocycles. The van der Waals surface area contributed by atoms with Gasteiger partial charge in [0.05, 0.1) is 22.6 Å². The zero-order valence-electron chi connectivity index (χ0n) is 9.95. The Balaban J connectivity index is 2.43. The third-order valence-electron chi connectivity index (χ3n) is 2.62. The molecule has 2 aromatic rings. The van der Waals surface area contributed by atoms with Crippen molar-refractivity contribution in [2.45, 2.75) is 0 Å². The number of carboxylic acid groups (broad SMARTS) is 1. The van der Waals surface area contributed by atoms with Gasteiger partial charge in [-0.25, -0.2) is 18.0 Å². The number of nitrogens with two attached hydrogens (primary N) is 1. The van der Waals surface area contributed by atoms with Gasteiger partial charge in [0, 0.05) is 12.1 Å². The van der Waals surface area contributed by atoms with Crippen LogP contribution in [0.4, 0.5) is 30.2 Å². The smallest absolute Gasteiger partial charge is 0.337 e. The lowest BCUT2D eigenvalue weighted by Crippen LogP contribution is -2.06. The number of nitrogens with one attached hydrogen (secondary N) is 1. The van der Waals surface area contributed by atoms with Crippen molar-refractivity contribution in [2.24, 2.45) is 0 Å². The van der Waals surface area contributed by atoms with Gasteiger partial charge in [0.25, 0.3) is 0 Å². The molecule has 0 radical (unpaired) electrons. The van der Waals surface area contributed by atoms with Crippen LogP contribution in [0.1, 0.15) is 10.4 Å².